The molecule has 0 spiro atoms. The van der Waals surface area contributed by atoms with Crippen molar-refractivity contribution in [1.82, 2.24) is 4.98 Å². The highest BCUT2D eigenvalue weighted by Crippen LogP contribution is 2.34. The van der Waals surface area contributed by atoms with Crippen LogP contribution in [-0.4, -0.2) is 32.9 Å². The van der Waals surface area contributed by atoms with Crippen molar-refractivity contribution in [2.45, 2.75) is 29.9 Å². The van der Waals surface area contributed by atoms with Gasteiger partial charge in [0, 0.05) is 20.9 Å². The fourth-order valence-corrected chi connectivity index (χ4v) is 4.69. The number of carboxylic acid groups (broad SMARTS) is 1. The van der Waals surface area contributed by atoms with E-state index >= 15 is 0 Å². The van der Waals surface area contributed by atoms with E-state index in [0.717, 1.165) is 37.6 Å². The Morgan fingerprint density at radius 1 is 0.892 bits per heavy atom. The van der Waals surface area contributed by atoms with Gasteiger partial charge in [0.05, 0.1) is 18.9 Å². The number of rotatable bonds is 8. The molecular formula is C30H25NO5S. The topological polar surface area (TPSA) is 99.9 Å². The Morgan fingerprint density at radius 2 is 1.62 bits per heavy atom. The van der Waals surface area contributed by atoms with Crippen molar-refractivity contribution < 1.29 is 24.9 Å². The summed E-state index contributed by atoms with van der Waals surface area (Å²) in [7, 11) is 0. The molecule has 186 valence electrons. The molecule has 0 aliphatic rings. The minimum atomic E-state index is -1.03. The van der Waals surface area contributed by atoms with Crippen molar-refractivity contribution in [2.75, 3.05) is 6.61 Å². The van der Waals surface area contributed by atoms with E-state index in [9.17, 15) is 15.0 Å². The first-order valence-electron chi connectivity index (χ1n) is 11.5. The summed E-state index contributed by atoms with van der Waals surface area (Å²) in [6.07, 6.45) is 0. The van der Waals surface area contributed by atoms with E-state index in [1.54, 1.807) is 6.07 Å². The Morgan fingerprint density at radius 3 is 2.35 bits per heavy atom. The molecule has 6 nitrogen and oxygen atoms in total. The van der Waals surface area contributed by atoms with Crippen LogP contribution in [-0.2, 0) is 18.0 Å². The van der Waals surface area contributed by atoms with Crippen LogP contribution in [0.1, 0.15) is 27.9 Å². The van der Waals surface area contributed by atoms with Gasteiger partial charge in [-0.2, -0.15) is 0 Å². The number of aromatic nitrogens is 1. The number of nitrogens with zero attached hydrogens (tertiary/aromatic N) is 1. The van der Waals surface area contributed by atoms with Crippen molar-refractivity contribution in [3.05, 3.63) is 107 Å². The van der Waals surface area contributed by atoms with Crippen LogP contribution in [0, 0.1) is 18.8 Å². The monoisotopic (exact) mass is 511 g/mol. The van der Waals surface area contributed by atoms with Crippen molar-refractivity contribution in [2.24, 2.45) is 0 Å². The van der Waals surface area contributed by atoms with Gasteiger partial charge in [0.1, 0.15) is 11.4 Å². The normalized spacial score (nSPS) is 10.5. The van der Waals surface area contributed by atoms with Gasteiger partial charge in [-0.15, -0.1) is 0 Å². The van der Waals surface area contributed by atoms with Crippen LogP contribution in [0.2, 0.25) is 0 Å². The lowest BCUT2D eigenvalue weighted by molar-refractivity contribution is -0.139. The second-order valence-electron chi connectivity index (χ2n) is 8.17. The van der Waals surface area contributed by atoms with E-state index in [1.807, 2.05) is 79.7 Å². The molecule has 0 aliphatic carbocycles. The number of aliphatic hydroxyl groups excluding tert-OH is 2. The third-order valence-electron chi connectivity index (χ3n) is 5.51. The van der Waals surface area contributed by atoms with Crippen LogP contribution < -0.4 is 4.74 Å². The van der Waals surface area contributed by atoms with Crippen molar-refractivity contribution in [1.29, 1.82) is 0 Å². The van der Waals surface area contributed by atoms with Crippen LogP contribution in [0.25, 0.3) is 11.3 Å². The molecule has 4 aromatic rings. The van der Waals surface area contributed by atoms with Gasteiger partial charge in [-0.25, -0.2) is 9.78 Å². The van der Waals surface area contributed by atoms with E-state index in [0.29, 0.717) is 17.1 Å². The second-order valence-corrected chi connectivity index (χ2v) is 9.31. The van der Waals surface area contributed by atoms with E-state index < -0.39 is 12.6 Å². The van der Waals surface area contributed by atoms with Gasteiger partial charge < -0.3 is 20.1 Å². The van der Waals surface area contributed by atoms with E-state index in [-0.39, 0.29) is 13.2 Å². The fraction of sp³-hybridized carbons (Fsp3) is 0.133. The molecular weight excluding hydrogens is 486 g/mol. The maximum atomic E-state index is 10.8. The molecule has 3 aromatic carbocycles. The number of pyridine rings is 1. The quantitative estimate of drug-likeness (QED) is 0.285. The minimum absolute atomic E-state index is 0.102. The average molecular weight is 512 g/mol. The highest BCUT2D eigenvalue weighted by molar-refractivity contribution is 7.99. The standard InChI is InChI=1S/C30H25NO5S/c1-20-14-25(12-13-29(20)36-19-30(34)35)37-26-15-24(11-10-21-6-2-3-7-22(21)17-32)31-28(16-26)27-9-5-4-8-23(27)18-33/h2-9,12-16,32-33H,17-19H2,1H3,(H,34,35). The Labute approximate surface area is 219 Å². The van der Waals surface area contributed by atoms with E-state index in [1.165, 1.54) is 11.8 Å². The number of benzene rings is 3. The summed E-state index contributed by atoms with van der Waals surface area (Å²) in [6, 6.07) is 24.4. The molecule has 0 aliphatic heterocycles. The third-order valence-corrected chi connectivity index (χ3v) is 6.47. The van der Waals surface area contributed by atoms with Gasteiger partial charge in [0.15, 0.2) is 6.61 Å². The zero-order valence-corrected chi connectivity index (χ0v) is 21.0. The highest BCUT2D eigenvalue weighted by Gasteiger charge is 2.11. The number of aliphatic hydroxyl groups is 2. The summed E-state index contributed by atoms with van der Waals surface area (Å²) >= 11 is 1.52. The van der Waals surface area contributed by atoms with Crippen LogP contribution in [0.15, 0.2) is 88.7 Å². The Hall–Kier alpha value is -4.09. The molecule has 0 atom stereocenters. The molecule has 0 saturated carbocycles. The van der Waals surface area contributed by atoms with Gasteiger partial charge >= 0.3 is 5.97 Å². The highest BCUT2D eigenvalue weighted by atomic mass is 32.2. The average Bonchev–Trinajstić information content (AvgIpc) is 2.91. The van der Waals surface area contributed by atoms with Crippen LogP contribution in [0.4, 0.5) is 0 Å². The number of aryl methyl sites for hydroxylation is 1. The minimum Gasteiger partial charge on any atom is -0.482 e. The first kappa shape index (κ1) is 26.0. The molecule has 0 fully saturated rings. The number of carbonyl (C=O) groups is 1. The number of hydrogen-bond donors (Lipinski definition) is 3. The van der Waals surface area contributed by atoms with Crippen molar-refractivity contribution >= 4 is 17.7 Å². The van der Waals surface area contributed by atoms with Crippen LogP contribution in [0.3, 0.4) is 0 Å². The summed E-state index contributed by atoms with van der Waals surface area (Å²) in [5.74, 6) is 5.75. The van der Waals surface area contributed by atoms with Gasteiger partial charge in [-0.1, -0.05) is 60.1 Å². The Balaban J connectivity index is 1.72. The molecule has 0 radical (unpaired) electrons. The molecule has 0 amide bonds. The first-order chi connectivity index (χ1) is 18.0. The molecule has 4 rings (SSSR count). The summed E-state index contributed by atoms with van der Waals surface area (Å²) in [6.45, 7) is 1.25. The summed E-state index contributed by atoms with van der Waals surface area (Å²) in [5, 5.41) is 28.4. The predicted octanol–water partition coefficient (Wildman–Crippen LogP) is 5.06. The molecule has 7 heteroatoms. The molecule has 1 aromatic heterocycles. The van der Waals surface area contributed by atoms with Gasteiger partial charge in [0.2, 0.25) is 0 Å². The Kier molecular flexibility index (Phi) is 8.60. The molecule has 0 saturated heterocycles. The summed E-state index contributed by atoms with van der Waals surface area (Å²) in [4.78, 5) is 17.4. The number of ether oxygens (including phenoxy) is 1. The predicted molar refractivity (Wildman–Crippen MR) is 142 cm³/mol. The van der Waals surface area contributed by atoms with Crippen molar-refractivity contribution in [3.63, 3.8) is 0 Å². The van der Waals surface area contributed by atoms with Crippen LogP contribution >= 0.6 is 11.8 Å². The van der Waals surface area contributed by atoms with Gasteiger partial charge in [0.25, 0.3) is 0 Å². The lowest BCUT2D eigenvalue weighted by Gasteiger charge is -2.11. The van der Waals surface area contributed by atoms with E-state index in [4.69, 9.17) is 14.8 Å². The third kappa shape index (κ3) is 6.78. The van der Waals surface area contributed by atoms with Crippen LogP contribution in [0.5, 0.6) is 5.75 Å². The smallest absolute Gasteiger partial charge is 0.341 e. The summed E-state index contributed by atoms with van der Waals surface area (Å²) < 4.78 is 5.34. The number of aliphatic carboxylic acids is 1. The maximum Gasteiger partial charge on any atom is 0.341 e. The number of carboxylic acids is 1. The number of hydrogen-bond acceptors (Lipinski definition) is 6. The first-order valence-corrected chi connectivity index (χ1v) is 12.3. The molecule has 3 N–H and O–H groups in total. The van der Waals surface area contributed by atoms with Gasteiger partial charge in [-0.3, -0.25) is 0 Å². The fourth-order valence-electron chi connectivity index (χ4n) is 3.71. The SMILES string of the molecule is Cc1cc(Sc2cc(C#Cc3ccccc3CO)nc(-c3ccccc3CO)c2)ccc1OCC(=O)O. The zero-order valence-electron chi connectivity index (χ0n) is 20.1. The van der Waals surface area contributed by atoms with Gasteiger partial charge in [-0.05, 0) is 65.9 Å². The Bertz CT molecular complexity index is 1490. The molecule has 1 heterocycles. The largest absolute Gasteiger partial charge is 0.482 e. The maximum absolute atomic E-state index is 10.8. The lowest BCUT2D eigenvalue weighted by Crippen LogP contribution is -2.09. The van der Waals surface area contributed by atoms with E-state index in [2.05, 4.69) is 11.8 Å². The molecule has 0 bridgehead atoms. The zero-order chi connectivity index (χ0) is 26.2. The van der Waals surface area contributed by atoms with Crippen molar-refractivity contribution in [3.8, 4) is 28.8 Å². The summed E-state index contributed by atoms with van der Waals surface area (Å²) in [5.41, 5.74) is 5.12. The lowest BCUT2D eigenvalue weighted by atomic mass is 10.0. The molecule has 0 unspecified atom stereocenters. The second kappa shape index (κ2) is 12.2. The molecule has 37 heavy (non-hydrogen) atoms.